The first kappa shape index (κ1) is 20.3. The maximum atomic E-state index is 11.6. The molecule has 1 saturated carbocycles. The highest BCUT2D eigenvalue weighted by Crippen LogP contribution is 2.33. The average molecular weight is 432 g/mol. The monoisotopic (exact) mass is 432 g/mol. The number of nitriles is 1. The molecule has 1 saturated heterocycles. The van der Waals surface area contributed by atoms with Gasteiger partial charge in [-0.15, -0.1) is 0 Å². The number of pyridine rings is 2. The number of amides is 1. The van der Waals surface area contributed by atoms with Crippen molar-refractivity contribution in [3.63, 3.8) is 0 Å². The van der Waals surface area contributed by atoms with Gasteiger partial charge in [0.15, 0.2) is 0 Å². The lowest BCUT2D eigenvalue weighted by Gasteiger charge is -2.34. The Kier molecular flexibility index (Phi) is 5.15. The van der Waals surface area contributed by atoms with E-state index in [4.69, 9.17) is 4.74 Å². The lowest BCUT2D eigenvalue weighted by molar-refractivity contribution is -0.129. The highest BCUT2D eigenvalue weighted by molar-refractivity contribution is 5.85. The fraction of sp³-hybridized carbons (Fsp3) is 0.391. The zero-order valence-electron chi connectivity index (χ0n) is 17.8. The van der Waals surface area contributed by atoms with E-state index in [1.807, 2.05) is 23.1 Å². The number of carbonyl (C=O) groups excluding carboxylic acids is 1. The van der Waals surface area contributed by atoms with Gasteiger partial charge in [-0.25, -0.2) is 9.50 Å². The summed E-state index contributed by atoms with van der Waals surface area (Å²) in [6.07, 6.45) is 6.02. The molecule has 2 aliphatic rings. The number of aliphatic hydroxyl groups excluding tert-OH is 1. The third-order valence-corrected chi connectivity index (χ3v) is 6.19. The molecule has 0 radical (unpaired) electrons. The number of carbonyl (C=O) groups is 1. The van der Waals surface area contributed by atoms with Crippen LogP contribution < -0.4 is 9.64 Å². The molecule has 32 heavy (non-hydrogen) atoms. The van der Waals surface area contributed by atoms with Crippen molar-refractivity contribution >= 4 is 17.2 Å². The topological polar surface area (TPSA) is 107 Å². The Bertz CT molecular complexity index is 1180. The predicted octanol–water partition coefficient (Wildman–Crippen LogP) is 1.84. The Morgan fingerprint density at radius 3 is 2.62 bits per heavy atom. The molecule has 3 aromatic heterocycles. The highest BCUT2D eigenvalue weighted by Gasteiger charge is 2.29. The molecular formula is C23H24N6O3. The molecule has 5 rings (SSSR count). The fourth-order valence-electron chi connectivity index (χ4n) is 4.27. The van der Waals surface area contributed by atoms with Gasteiger partial charge in [0.05, 0.1) is 29.6 Å². The maximum absolute atomic E-state index is 11.6. The second-order valence-corrected chi connectivity index (χ2v) is 8.32. The average Bonchev–Trinajstić information content (AvgIpc) is 3.21. The van der Waals surface area contributed by atoms with E-state index in [2.05, 4.69) is 21.1 Å². The molecule has 4 heterocycles. The SMILES string of the molecule is CC(=O)N1CCN(c2ccc(-c3cc(O[C@H]4C[C@@H](O)C4)cn4ncc(C#N)c34)cn2)CC1. The van der Waals surface area contributed by atoms with Gasteiger partial charge in [-0.1, -0.05) is 0 Å². The Morgan fingerprint density at radius 1 is 1.22 bits per heavy atom. The van der Waals surface area contributed by atoms with Crippen LogP contribution in [0.4, 0.5) is 5.82 Å². The van der Waals surface area contributed by atoms with Crippen LogP contribution >= 0.6 is 0 Å². The van der Waals surface area contributed by atoms with E-state index in [-0.39, 0.29) is 18.1 Å². The molecule has 2 fully saturated rings. The summed E-state index contributed by atoms with van der Waals surface area (Å²) in [5.41, 5.74) is 2.86. The van der Waals surface area contributed by atoms with Crippen LogP contribution in [0.5, 0.6) is 5.75 Å². The van der Waals surface area contributed by atoms with Gasteiger partial charge in [-0.05, 0) is 18.2 Å². The summed E-state index contributed by atoms with van der Waals surface area (Å²) >= 11 is 0. The van der Waals surface area contributed by atoms with Crippen LogP contribution in [0.25, 0.3) is 16.6 Å². The molecule has 1 aliphatic heterocycles. The second-order valence-electron chi connectivity index (χ2n) is 8.32. The summed E-state index contributed by atoms with van der Waals surface area (Å²) in [5, 5.41) is 23.4. The summed E-state index contributed by atoms with van der Waals surface area (Å²) in [7, 11) is 0. The van der Waals surface area contributed by atoms with E-state index >= 15 is 0 Å². The van der Waals surface area contributed by atoms with Crippen LogP contribution in [0.2, 0.25) is 0 Å². The van der Waals surface area contributed by atoms with Crippen molar-refractivity contribution in [3.05, 3.63) is 42.4 Å². The molecule has 9 nitrogen and oxygen atoms in total. The van der Waals surface area contributed by atoms with Gasteiger partial charge in [0.2, 0.25) is 5.91 Å². The zero-order valence-corrected chi connectivity index (χ0v) is 17.8. The van der Waals surface area contributed by atoms with Crippen molar-refractivity contribution in [2.45, 2.75) is 32.0 Å². The lowest BCUT2D eigenvalue weighted by atomic mass is 9.92. The third-order valence-electron chi connectivity index (χ3n) is 6.19. The Balaban J connectivity index is 1.43. The van der Waals surface area contributed by atoms with E-state index in [9.17, 15) is 15.2 Å². The van der Waals surface area contributed by atoms with Gasteiger partial charge < -0.3 is 19.6 Å². The van der Waals surface area contributed by atoms with Crippen LogP contribution in [0, 0.1) is 11.3 Å². The number of aliphatic hydroxyl groups is 1. The molecule has 0 aromatic carbocycles. The third kappa shape index (κ3) is 3.74. The minimum atomic E-state index is -0.299. The van der Waals surface area contributed by atoms with Crippen LogP contribution in [-0.2, 0) is 4.79 Å². The summed E-state index contributed by atoms with van der Waals surface area (Å²) in [5.74, 6) is 1.60. The molecule has 0 bridgehead atoms. The van der Waals surface area contributed by atoms with E-state index < -0.39 is 0 Å². The second kappa shape index (κ2) is 8.13. The van der Waals surface area contributed by atoms with Crippen molar-refractivity contribution in [2.24, 2.45) is 0 Å². The first-order valence-corrected chi connectivity index (χ1v) is 10.7. The predicted molar refractivity (Wildman–Crippen MR) is 117 cm³/mol. The maximum Gasteiger partial charge on any atom is 0.219 e. The number of piperazine rings is 1. The summed E-state index contributed by atoms with van der Waals surface area (Å²) in [6.45, 7) is 4.47. The van der Waals surface area contributed by atoms with Crippen LogP contribution in [-0.4, -0.2) is 68.9 Å². The number of fused-ring (bicyclic) bond motifs is 1. The minimum Gasteiger partial charge on any atom is -0.489 e. The number of rotatable bonds is 4. The largest absolute Gasteiger partial charge is 0.489 e. The molecule has 3 aromatic rings. The summed E-state index contributed by atoms with van der Waals surface area (Å²) in [4.78, 5) is 20.2. The molecule has 0 atom stereocenters. The van der Waals surface area contributed by atoms with Crippen molar-refractivity contribution in [1.82, 2.24) is 19.5 Å². The summed E-state index contributed by atoms with van der Waals surface area (Å²) in [6, 6.07) is 8.07. The molecular weight excluding hydrogens is 408 g/mol. The number of anilines is 1. The Labute approximate surface area is 185 Å². The zero-order chi connectivity index (χ0) is 22.2. The molecule has 0 unspecified atom stereocenters. The number of nitrogens with zero attached hydrogens (tertiary/aromatic N) is 6. The first-order chi connectivity index (χ1) is 15.5. The minimum absolute atomic E-state index is 0.0181. The van der Waals surface area contributed by atoms with Gasteiger partial charge >= 0.3 is 0 Å². The van der Waals surface area contributed by atoms with Crippen molar-refractivity contribution in [1.29, 1.82) is 5.26 Å². The van der Waals surface area contributed by atoms with Gasteiger partial charge in [0, 0.05) is 63.3 Å². The van der Waals surface area contributed by atoms with Crippen molar-refractivity contribution in [2.75, 3.05) is 31.1 Å². The highest BCUT2D eigenvalue weighted by atomic mass is 16.5. The smallest absolute Gasteiger partial charge is 0.219 e. The standard InChI is InChI=1S/C23H24N6O3/c1-15(30)27-4-6-28(7-5-27)22-3-2-16(12-25-22)21-10-20(32-19-8-18(31)9-19)14-29-23(21)17(11-24)13-26-29/h2-3,10,12-14,18-19,31H,4-9H2,1H3/t18-,19+. The number of hydrogen-bond acceptors (Lipinski definition) is 7. The molecule has 0 spiro atoms. The number of hydrogen-bond donors (Lipinski definition) is 1. The van der Waals surface area contributed by atoms with E-state index in [1.54, 1.807) is 30.0 Å². The molecule has 9 heteroatoms. The van der Waals surface area contributed by atoms with Crippen LogP contribution in [0.1, 0.15) is 25.3 Å². The van der Waals surface area contributed by atoms with Crippen LogP contribution in [0.15, 0.2) is 36.8 Å². The van der Waals surface area contributed by atoms with Gasteiger partial charge in [-0.2, -0.15) is 10.4 Å². The normalized spacial score (nSPS) is 20.7. The molecule has 164 valence electrons. The number of ether oxygens (including phenoxy) is 1. The quantitative estimate of drug-likeness (QED) is 0.670. The van der Waals surface area contributed by atoms with E-state index in [0.717, 1.165) is 30.0 Å². The van der Waals surface area contributed by atoms with E-state index in [1.165, 1.54) is 0 Å². The van der Waals surface area contributed by atoms with Gasteiger partial charge in [-0.3, -0.25) is 4.79 Å². The first-order valence-electron chi connectivity index (χ1n) is 10.7. The summed E-state index contributed by atoms with van der Waals surface area (Å²) < 4.78 is 7.68. The Hall–Kier alpha value is -3.64. The van der Waals surface area contributed by atoms with Crippen LogP contribution in [0.3, 0.4) is 0 Å². The van der Waals surface area contributed by atoms with Gasteiger partial charge in [0.1, 0.15) is 23.7 Å². The van der Waals surface area contributed by atoms with Crippen molar-refractivity contribution in [3.8, 4) is 22.9 Å². The van der Waals surface area contributed by atoms with Crippen molar-refractivity contribution < 1.29 is 14.6 Å². The molecule has 1 aliphatic carbocycles. The lowest BCUT2D eigenvalue weighted by Crippen LogP contribution is -2.48. The number of aromatic nitrogens is 3. The molecule has 1 amide bonds. The van der Waals surface area contributed by atoms with Gasteiger partial charge in [0.25, 0.3) is 0 Å². The molecule has 1 N–H and O–H groups in total. The Morgan fingerprint density at radius 2 is 2.00 bits per heavy atom. The van der Waals surface area contributed by atoms with E-state index in [0.29, 0.717) is 42.8 Å². The fourth-order valence-corrected chi connectivity index (χ4v) is 4.27.